The van der Waals surface area contributed by atoms with Crippen LogP contribution in [-0.4, -0.2) is 55.1 Å². The van der Waals surface area contributed by atoms with E-state index in [0.29, 0.717) is 13.2 Å². The number of carbonyl (C=O) groups is 2. The number of carbonyl (C=O) groups excluding carboxylic acids is 2. The molecule has 6 heteroatoms. The van der Waals surface area contributed by atoms with Crippen LogP contribution in [0.3, 0.4) is 0 Å². The zero-order chi connectivity index (χ0) is 18.0. The fraction of sp³-hybridized carbons (Fsp3) is 0.579. The summed E-state index contributed by atoms with van der Waals surface area (Å²) in [6, 6.07) is 8.07. The summed E-state index contributed by atoms with van der Waals surface area (Å²) in [4.78, 5) is 30.6. The fourth-order valence-corrected chi connectivity index (χ4v) is 3.80. The van der Waals surface area contributed by atoms with E-state index in [-0.39, 0.29) is 11.9 Å². The molecule has 2 aliphatic rings. The Morgan fingerprint density at radius 1 is 1.04 bits per heavy atom. The van der Waals surface area contributed by atoms with Crippen molar-refractivity contribution in [2.45, 2.75) is 44.2 Å². The number of nitrogens with zero attached hydrogens (tertiary/aromatic N) is 3. The maximum atomic E-state index is 12.8. The molecule has 1 aromatic rings. The minimum Gasteiger partial charge on any atom is -0.378 e. The zero-order valence-corrected chi connectivity index (χ0v) is 15.4. The van der Waals surface area contributed by atoms with E-state index >= 15 is 0 Å². The van der Waals surface area contributed by atoms with Crippen molar-refractivity contribution in [3.63, 3.8) is 0 Å². The highest BCUT2D eigenvalue weighted by Crippen LogP contribution is 2.33. The van der Waals surface area contributed by atoms with Gasteiger partial charge in [-0.3, -0.25) is 9.69 Å². The van der Waals surface area contributed by atoms with E-state index in [1.165, 1.54) is 4.90 Å². The van der Waals surface area contributed by atoms with E-state index in [4.69, 9.17) is 0 Å². The second-order valence-corrected chi connectivity index (χ2v) is 7.52. The average Bonchev–Trinajstić information content (AvgIpc) is 2.80. The summed E-state index contributed by atoms with van der Waals surface area (Å²) in [6.07, 6.45) is 4.70. The van der Waals surface area contributed by atoms with Crippen molar-refractivity contribution in [1.29, 1.82) is 0 Å². The number of hydrogen-bond acceptors (Lipinski definition) is 4. The van der Waals surface area contributed by atoms with Crippen LogP contribution in [0.2, 0.25) is 0 Å². The van der Waals surface area contributed by atoms with Crippen molar-refractivity contribution in [3.8, 4) is 0 Å². The van der Waals surface area contributed by atoms with Crippen molar-refractivity contribution < 1.29 is 9.59 Å². The lowest BCUT2D eigenvalue weighted by molar-refractivity contribution is -0.133. The number of urea groups is 1. The summed E-state index contributed by atoms with van der Waals surface area (Å²) in [7, 11) is 5.96. The Morgan fingerprint density at radius 3 is 2.28 bits per heavy atom. The first-order valence-corrected chi connectivity index (χ1v) is 9.00. The second-order valence-electron chi connectivity index (χ2n) is 7.52. The molecule has 1 saturated carbocycles. The standard InChI is InChI=1S/C19H28N4O2/c1-21(2)16-9-7-15(8-10-16)13-22(3)14-23-17(24)19(20-18(23)25)11-5-4-6-12-19/h7-10H,4-6,11-14H2,1-3H3,(H,20,25). The largest absolute Gasteiger partial charge is 0.378 e. The number of amides is 3. The molecular formula is C19H28N4O2. The number of nitrogens with one attached hydrogen (secondary N) is 1. The molecule has 25 heavy (non-hydrogen) atoms. The summed E-state index contributed by atoms with van der Waals surface area (Å²) in [5.74, 6) is -0.0491. The van der Waals surface area contributed by atoms with Crippen LogP contribution in [0, 0.1) is 0 Å². The summed E-state index contributed by atoms with van der Waals surface area (Å²) >= 11 is 0. The number of imide groups is 1. The van der Waals surface area contributed by atoms with Gasteiger partial charge in [0, 0.05) is 26.3 Å². The molecule has 0 atom stereocenters. The van der Waals surface area contributed by atoms with E-state index in [0.717, 1.165) is 43.4 Å². The minimum atomic E-state index is -0.635. The highest BCUT2D eigenvalue weighted by Gasteiger charge is 2.51. The van der Waals surface area contributed by atoms with Gasteiger partial charge in [0.25, 0.3) is 5.91 Å². The van der Waals surface area contributed by atoms with Crippen LogP contribution in [0.1, 0.15) is 37.7 Å². The van der Waals surface area contributed by atoms with Crippen molar-refractivity contribution in [1.82, 2.24) is 15.1 Å². The van der Waals surface area contributed by atoms with Gasteiger partial charge in [0.05, 0.1) is 6.67 Å². The molecule has 1 aromatic carbocycles. The van der Waals surface area contributed by atoms with Crippen molar-refractivity contribution in [2.75, 3.05) is 32.7 Å². The first-order valence-electron chi connectivity index (χ1n) is 9.00. The third kappa shape index (κ3) is 3.63. The number of benzene rings is 1. The third-order valence-corrected chi connectivity index (χ3v) is 5.24. The fourth-order valence-electron chi connectivity index (χ4n) is 3.80. The highest BCUT2D eigenvalue weighted by molar-refractivity contribution is 6.07. The predicted octanol–water partition coefficient (Wildman–Crippen LogP) is 2.40. The molecule has 0 unspecified atom stereocenters. The van der Waals surface area contributed by atoms with Crippen molar-refractivity contribution >= 4 is 17.6 Å². The Bertz CT molecular complexity index is 635. The minimum absolute atomic E-state index is 0.0491. The smallest absolute Gasteiger partial charge is 0.326 e. The average molecular weight is 344 g/mol. The number of anilines is 1. The first-order chi connectivity index (χ1) is 11.9. The lowest BCUT2D eigenvalue weighted by Gasteiger charge is -2.31. The van der Waals surface area contributed by atoms with E-state index in [9.17, 15) is 9.59 Å². The molecule has 0 aromatic heterocycles. The van der Waals surface area contributed by atoms with Gasteiger partial charge in [0.2, 0.25) is 0 Å². The Kier molecular flexibility index (Phi) is 4.99. The molecule has 2 fully saturated rings. The Hall–Kier alpha value is -2.08. The third-order valence-electron chi connectivity index (χ3n) is 5.24. The Labute approximate surface area is 149 Å². The van der Waals surface area contributed by atoms with Gasteiger partial charge in [-0.2, -0.15) is 0 Å². The van der Waals surface area contributed by atoms with Crippen LogP contribution in [0.5, 0.6) is 0 Å². The molecule has 136 valence electrons. The molecule has 0 bridgehead atoms. The van der Waals surface area contributed by atoms with Gasteiger partial charge in [-0.1, -0.05) is 31.4 Å². The van der Waals surface area contributed by atoms with Gasteiger partial charge in [0.1, 0.15) is 5.54 Å². The lowest BCUT2D eigenvalue weighted by atomic mass is 9.82. The summed E-state index contributed by atoms with van der Waals surface area (Å²) in [6.45, 7) is 1.01. The van der Waals surface area contributed by atoms with Crippen LogP contribution in [0.15, 0.2) is 24.3 Å². The van der Waals surface area contributed by atoms with Gasteiger partial charge in [0.15, 0.2) is 0 Å². The summed E-state index contributed by atoms with van der Waals surface area (Å²) < 4.78 is 0. The first kappa shape index (κ1) is 17.7. The molecule has 1 spiro atoms. The molecule has 3 amide bonds. The summed E-state index contributed by atoms with van der Waals surface area (Å²) in [5, 5.41) is 2.96. The normalized spacial score (nSPS) is 19.6. The van der Waals surface area contributed by atoms with Gasteiger partial charge in [-0.15, -0.1) is 0 Å². The van der Waals surface area contributed by atoms with E-state index in [2.05, 4.69) is 34.5 Å². The van der Waals surface area contributed by atoms with Gasteiger partial charge in [-0.25, -0.2) is 9.69 Å². The topological polar surface area (TPSA) is 55.9 Å². The SMILES string of the molecule is CN(Cc1ccc(N(C)C)cc1)CN1C(=O)NC2(CCCCC2)C1=O. The van der Waals surface area contributed by atoms with Crippen LogP contribution < -0.4 is 10.2 Å². The zero-order valence-electron chi connectivity index (χ0n) is 15.4. The summed E-state index contributed by atoms with van der Waals surface area (Å²) in [5.41, 5.74) is 1.68. The molecule has 1 heterocycles. The number of rotatable bonds is 5. The van der Waals surface area contributed by atoms with E-state index in [1.54, 1.807) is 0 Å². The molecule has 6 nitrogen and oxygen atoms in total. The maximum absolute atomic E-state index is 12.8. The molecule has 1 N–H and O–H groups in total. The molecule has 1 aliphatic heterocycles. The highest BCUT2D eigenvalue weighted by atomic mass is 16.2. The molecule has 3 rings (SSSR count). The van der Waals surface area contributed by atoms with E-state index < -0.39 is 5.54 Å². The van der Waals surface area contributed by atoms with Crippen LogP contribution >= 0.6 is 0 Å². The molecule has 0 radical (unpaired) electrons. The predicted molar refractivity (Wildman–Crippen MR) is 98.3 cm³/mol. The maximum Gasteiger partial charge on any atom is 0.326 e. The van der Waals surface area contributed by atoms with Crippen LogP contribution in [0.25, 0.3) is 0 Å². The molecule has 1 saturated heterocycles. The van der Waals surface area contributed by atoms with E-state index in [1.807, 2.05) is 26.0 Å². The van der Waals surface area contributed by atoms with Gasteiger partial charge in [-0.05, 0) is 37.6 Å². The monoisotopic (exact) mass is 344 g/mol. The molecule has 1 aliphatic carbocycles. The quantitative estimate of drug-likeness (QED) is 0.834. The lowest BCUT2D eigenvalue weighted by Crippen LogP contribution is -2.48. The van der Waals surface area contributed by atoms with Crippen molar-refractivity contribution in [2.24, 2.45) is 0 Å². The molecular weight excluding hydrogens is 316 g/mol. The van der Waals surface area contributed by atoms with Crippen molar-refractivity contribution in [3.05, 3.63) is 29.8 Å². The second kappa shape index (κ2) is 7.04. The van der Waals surface area contributed by atoms with Crippen LogP contribution in [0.4, 0.5) is 10.5 Å². The number of hydrogen-bond donors (Lipinski definition) is 1. The van der Waals surface area contributed by atoms with Gasteiger partial charge >= 0.3 is 6.03 Å². The van der Waals surface area contributed by atoms with Crippen LogP contribution in [-0.2, 0) is 11.3 Å². The Morgan fingerprint density at radius 2 is 1.68 bits per heavy atom. The van der Waals surface area contributed by atoms with Gasteiger partial charge < -0.3 is 10.2 Å². The Balaban J connectivity index is 1.61.